The number of hydrogen-bond donors (Lipinski definition) is 2. The van der Waals surface area contributed by atoms with Gasteiger partial charge in [0.2, 0.25) is 11.8 Å². The van der Waals surface area contributed by atoms with E-state index < -0.39 is 0 Å². The molecule has 3 amide bonds. The molecule has 0 bridgehead atoms. The van der Waals surface area contributed by atoms with Crippen LogP contribution in [0.2, 0.25) is 0 Å². The van der Waals surface area contributed by atoms with Crippen molar-refractivity contribution in [2.75, 3.05) is 56.5 Å². The highest BCUT2D eigenvalue weighted by molar-refractivity contribution is 9.10. The summed E-state index contributed by atoms with van der Waals surface area (Å²) in [6.45, 7) is 5.34. The molecule has 1 spiro atoms. The highest BCUT2D eigenvalue weighted by Gasteiger charge is 2.39. The Morgan fingerprint density at radius 2 is 1.56 bits per heavy atom. The molecular weight excluding hydrogens is 698 g/mol. The second kappa shape index (κ2) is 14.3. The summed E-state index contributed by atoms with van der Waals surface area (Å²) in [5, 5.41) is 10.1. The van der Waals surface area contributed by atoms with E-state index in [0.717, 1.165) is 82.5 Å². The first-order valence-corrected chi connectivity index (χ1v) is 18.6. The predicted molar refractivity (Wildman–Crippen MR) is 196 cm³/mol. The van der Waals surface area contributed by atoms with E-state index >= 15 is 0 Å². The molecule has 3 aromatic rings. The van der Waals surface area contributed by atoms with E-state index in [4.69, 9.17) is 0 Å². The molecule has 2 aromatic carbocycles. The minimum atomic E-state index is -0.257. The Morgan fingerprint density at radius 1 is 0.900 bits per heavy atom. The molecule has 3 atom stereocenters. The van der Waals surface area contributed by atoms with Crippen molar-refractivity contribution in [2.45, 2.75) is 62.8 Å². The monoisotopic (exact) mass is 743 g/mol. The molecule has 50 heavy (non-hydrogen) atoms. The maximum Gasteiger partial charge on any atom is 0.282 e. The standard InChI is InChI=1S/C38H46BrN7O4/c1-43-23-28(21-29(24-43)41-32-22-40-44(2)37(50)34(32)39)25-3-5-27(6-4-25)36(49)46-19-15-38(16-20-46)13-17-45(18-14-38)30-9-7-26(8-10-30)31-11-12-33(47)42-35(31)48/h3-10,22,28-29,31,41H,11-21,23-24H2,1-2H3,(H,42,47,48)/t28?,29?,31-/m1/s1. The van der Waals surface area contributed by atoms with Crippen LogP contribution in [0.1, 0.15) is 78.3 Å². The number of likely N-dealkylation sites (N-methyl/N-ethyl adjacent to an activating group) is 1. The quantitative estimate of drug-likeness (QED) is 0.355. The van der Waals surface area contributed by atoms with Gasteiger partial charge in [0.15, 0.2) is 0 Å². The minimum absolute atomic E-state index is 0.114. The third-order valence-corrected chi connectivity index (χ3v) is 12.3. The van der Waals surface area contributed by atoms with Gasteiger partial charge in [-0.05, 0) is 108 Å². The van der Waals surface area contributed by atoms with Gasteiger partial charge in [0.05, 0.1) is 17.8 Å². The summed E-state index contributed by atoms with van der Waals surface area (Å²) in [5.41, 5.74) is 4.92. The van der Waals surface area contributed by atoms with Gasteiger partial charge < -0.3 is 20.0 Å². The molecule has 264 valence electrons. The van der Waals surface area contributed by atoms with Crippen molar-refractivity contribution in [3.63, 3.8) is 0 Å². The van der Waals surface area contributed by atoms with Crippen molar-refractivity contribution < 1.29 is 14.4 Å². The number of piperidine rings is 4. The summed E-state index contributed by atoms with van der Waals surface area (Å²) in [7, 11) is 3.75. The molecule has 7 rings (SSSR count). The number of amides is 3. The Hall–Kier alpha value is -4.03. The molecule has 12 heteroatoms. The van der Waals surface area contributed by atoms with Crippen LogP contribution in [-0.4, -0.2) is 89.7 Å². The molecule has 4 aliphatic heterocycles. The lowest BCUT2D eigenvalue weighted by Crippen LogP contribution is -2.48. The Labute approximate surface area is 301 Å². The SMILES string of the molecule is CN1CC(Nc2cnn(C)c(=O)c2Br)CC(c2ccc(C(=O)N3CCC4(CC3)CCN(c3ccc([C@H]5CCC(=O)NC5=O)cc3)CC4)cc2)C1. The molecule has 11 nitrogen and oxygen atoms in total. The van der Waals surface area contributed by atoms with Crippen molar-refractivity contribution in [3.05, 3.63) is 86.2 Å². The van der Waals surface area contributed by atoms with Crippen LogP contribution in [0.25, 0.3) is 0 Å². The number of imide groups is 1. The maximum absolute atomic E-state index is 13.6. The number of carbonyl (C=O) groups is 3. The van der Waals surface area contributed by atoms with Gasteiger partial charge in [-0.1, -0.05) is 24.3 Å². The van der Waals surface area contributed by atoms with Gasteiger partial charge >= 0.3 is 0 Å². The van der Waals surface area contributed by atoms with Gasteiger partial charge in [0.25, 0.3) is 11.5 Å². The fraction of sp³-hybridized carbons (Fsp3) is 0.500. The molecule has 4 aliphatic rings. The molecule has 0 aliphatic carbocycles. The van der Waals surface area contributed by atoms with Gasteiger partial charge in [-0.2, -0.15) is 5.10 Å². The smallest absolute Gasteiger partial charge is 0.282 e. The number of likely N-dealkylation sites (tertiary alicyclic amines) is 2. The van der Waals surface area contributed by atoms with Crippen molar-refractivity contribution in [1.82, 2.24) is 24.9 Å². The predicted octanol–water partition coefficient (Wildman–Crippen LogP) is 4.49. The number of carbonyl (C=O) groups excluding carboxylic acids is 3. The van der Waals surface area contributed by atoms with Crippen LogP contribution in [-0.2, 0) is 16.6 Å². The van der Waals surface area contributed by atoms with Crippen molar-refractivity contribution in [2.24, 2.45) is 12.5 Å². The molecule has 1 aromatic heterocycles. The number of anilines is 2. The average molecular weight is 745 g/mol. The molecule has 2 N–H and O–H groups in total. The van der Waals surface area contributed by atoms with Gasteiger partial charge in [-0.3, -0.25) is 24.5 Å². The lowest BCUT2D eigenvalue weighted by atomic mass is 9.71. The molecule has 0 radical (unpaired) electrons. The van der Waals surface area contributed by atoms with Crippen LogP contribution < -0.4 is 21.1 Å². The van der Waals surface area contributed by atoms with Crippen LogP contribution in [0, 0.1) is 5.41 Å². The first-order chi connectivity index (χ1) is 24.1. The fourth-order valence-corrected chi connectivity index (χ4v) is 8.90. The van der Waals surface area contributed by atoms with Gasteiger partial charge in [-0.15, -0.1) is 0 Å². The zero-order valence-electron chi connectivity index (χ0n) is 28.9. The zero-order valence-corrected chi connectivity index (χ0v) is 30.5. The van der Waals surface area contributed by atoms with Crippen molar-refractivity contribution >= 4 is 45.0 Å². The van der Waals surface area contributed by atoms with E-state index in [1.807, 2.05) is 29.2 Å². The summed E-state index contributed by atoms with van der Waals surface area (Å²) >= 11 is 3.43. The van der Waals surface area contributed by atoms with Crippen LogP contribution in [0.15, 0.2) is 64.0 Å². The first-order valence-electron chi connectivity index (χ1n) is 17.8. The Morgan fingerprint density at radius 3 is 2.24 bits per heavy atom. The van der Waals surface area contributed by atoms with E-state index in [-0.39, 0.29) is 40.7 Å². The van der Waals surface area contributed by atoms with Crippen LogP contribution in [0.3, 0.4) is 0 Å². The van der Waals surface area contributed by atoms with Gasteiger partial charge in [-0.25, -0.2) is 4.68 Å². The molecule has 5 heterocycles. The number of nitrogens with zero attached hydrogens (tertiary/aromatic N) is 5. The summed E-state index contributed by atoms with van der Waals surface area (Å²) in [6.07, 6.45) is 7.83. The highest BCUT2D eigenvalue weighted by Crippen LogP contribution is 2.42. The fourth-order valence-electron chi connectivity index (χ4n) is 8.43. The highest BCUT2D eigenvalue weighted by atomic mass is 79.9. The summed E-state index contributed by atoms with van der Waals surface area (Å²) in [6, 6.07) is 16.6. The maximum atomic E-state index is 13.6. The number of benzene rings is 2. The third kappa shape index (κ3) is 7.23. The molecule has 4 fully saturated rings. The lowest BCUT2D eigenvalue weighted by molar-refractivity contribution is -0.134. The Bertz CT molecular complexity index is 1790. The largest absolute Gasteiger partial charge is 0.379 e. The second-order valence-electron chi connectivity index (χ2n) is 14.8. The Balaban J connectivity index is 0.901. The second-order valence-corrected chi connectivity index (χ2v) is 15.6. The normalized spacial score (nSPS) is 24.3. The topological polar surface area (TPSA) is 120 Å². The first kappa shape index (κ1) is 34.4. The lowest BCUT2D eigenvalue weighted by Gasteiger charge is -2.47. The van der Waals surface area contributed by atoms with Crippen LogP contribution in [0.4, 0.5) is 11.4 Å². The van der Waals surface area contributed by atoms with E-state index in [1.54, 1.807) is 13.2 Å². The van der Waals surface area contributed by atoms with E-state index in [1.165, 1.54) is 15.9 Å². The van der Waals surface area contributed by atoms with E-state index in [0.29, 0.717) is 28.9 Å². The number of halogens is 1. The number of aryl methyl sites for hydroxylation is 1. The van der Waals surface area contributed by atoms with Crippen molar-refractivity contribution in [1.29, 1.82) is 0 Å². The molecule has 0 saturated carbocycles. The zero-order chi connectivity index (χ0) is 35.0. The van der Waals surface area contributed by atoms with E-state index in [2.05, 4.69) is 72.8 Å². The van der Waals surface area contributed by atoms with E-state index in [9.17, 15) is 19.2 Å². The summed E-state index contributed by atoms with van der Waals surface area (Å²) in [5.74, 6) is -0.223. The number of aromatic nitrogens is 2. The van der Waals surface area contributed by atoms with Crippen LogP contribution in [0.5, 0.6) is 0 Å². The molecule has 2 unspecified atom stereocenters. The third-order valence-electron chi connectivity index (χ3n) is 11.5. The number of nitrogens with one attached hydrogen (secondary N) is 2. The summed E-state index contributed by atoms with van der Waals surface area (Å²) < 4.78 is 1.81. The molecule has 4 saturated heterocycles. The van der Waals surface area contributed by atoms with Crippen molar-refractivity contribution in [3.8, 4) is 0 Å². The minimum Gasteiger partial charge on any atom is -0.379 e. The summed E-state index contributed by atoms with van der Waals surface area (Å²) in [4.78, 5) is 56.5. The average Bonchev–Trinajstić information content (AvgIpc) is 3.12. The number of rotatable bonds is 6. The van der Waals surface area contributed by atoms with Crippen LogP contribution >= 0.6 is 15.9 Å². The Kier molecular flexibility index (Phi) is 9.85. The molecular formula is C38H46BrN7O4. The number of hydrogen-bond acceptors (Lipinski definition) is 8. The van der Waals surface area contributed by atoms with Gasteiger partial charge in [0, 0.05) is 70.0 Å². The van der Waals surface area contributed by atoms with Gasteiger partial charge in [0.1, 0.15) is 4.47 Å².